The van der Waals surface area contributed by atoms with Crippen molar-refractivity contribution in [3.8, 4) is 39.5 Å². The fourth-order valence-corrected chi connectivity index (χ4v) is 9.99. The van der Waals surface area contributed by atoms with Gasteiger partial charge in [0.2, 0.25) is 5.71 Å². The summed E-state index contributed by atoms with van der Waals surface area (Å²) >= 11 is -2.36. The first kappa shape index (κ1) is 34.9. The van der Waals surface area contributed by atoms with E-state index in [9.17, 15) is 0 Å². The molecule has 0 unspecified atom stereocenters. The van der Waals surface area contributed by atoms with Crippen LogP contribution in [0.4, 0.5) is 0 Å². The van der Waals surface area contributed by atoms with Gasteiger partial charge in [-0.1, -0.05) is 65.5 Å². The summed E-state index contributed by atoms with van der Waals surface area (Å²) in [7, 11) is 0. The van der Waals surface area contributed by atoms with Crippen LogP contribution in [0, 0.1) is 31.3 Å². The van der Waals surface area contributed by atoms with Gasteiger partial charge >= 0.3 is 145 Å². The molecule has 0 saturated heterocycles. The first-order valence-electron chi connectivity index (χ1n) is 21.7. The van der Waals surface area contributed by atoms with Crippen LogP contribution in [0.1, 0.15) is 44.4 Å². The van der Waals surface area contributed by atoms with Crippen molar-refractivity contribution in [1.29, 1.82) is 0 Å². The van der Waals surface area contributed by atoms with Crippen molar-refractivity contribution in [2.45, 2.75) is 58.2 Å². The number of hydrogen-bond acceptors (Lipinski definition) is 4. The number of furan rings is 1. The molecule has 4 aromatic heterocycles. The molecule has 58 heavy (non-hydrogen) atoms. The maximum absolute atomic E-state index is 8.80. The Morgan fingerprint density at radius 1 is 0.810 bits per heavy atom. The molecule has 9 rings (SSSR count). The molecule has 5 aromatic carbocycles. The molecule has 4 heterocycles. The summed E-state index contributed by atoms with van der Waals surface area (Å²) in [5.41, 5.74) is 10.1. The number of nitrogens with zero attached hydrogens (tertiary/aromatic N) is 4. The van der Waals surface area contributed by atoms with Gasteiger partial charge in [0.15, 0.2) is 0 Å². The van der Waals surface area contributed by atoms with Crippen molar-refractivity contribution >= 4 is 50.8 Å². The summed E-state index contributed by atoms with van der Waals surface area (Å²) in [5.74, 6) is 7.49. The number of hydrogen-bond donors (Lipinski definition) is 0. The molecule has 9 aromatic rings. The maximum atomic E-state index is 8.80. The van der Waals surface area contributed by atoms with Crippen LogP contribution in [-0.2, 0) is 26.5 Å². The minimum Gasteiger partial charge on any atom is 0 e. The fourth-order valence-electron chi connectivity index (χ4n) is 7.06. The molecule has 7 heteroatoms. The fraction of sp³-hybridized carbons (Fsp3) is 0.196. The normalized spacial score (nSPS) is 13.5. The van der Waals surface area contributed by atoms with Crippen LogP contribution in [0.2, 0.25) is 17.3 Å². The van der Waals surface area contributed by atoms with Crippen molar-refractivity contribution < 1.29 is 31.4 Å². The Kier molecular flexibility index (Phi) is 9.99. The Labute approximate surface area is 365 Å². The first-order chi connectivity index (χ1) is 29.3. The first-order valence-corrected chi connectivity index (χ1v) is 26.5. The molecule has 0 aliphatic rings. The van der Waals surface area contributed by atoms with Crippen LogP contribution in [0.15, 0.2) is 138 Å². The molecular formula is C51H48GeIrN4O-2. The van der Waals surface area contributed by atoms with Gasteiger partial charge in [0.25, 0.3) is 0 Å². The van der Waals surface area contributed by atoms with Gasteiger partial charge in [0.05, 0.1) is 22.4 Å². The monoisotopic (exact) mass is 1000 g/mol. The van der Waals surface area contributed by atoms with E-state index in [1.165, 1.54) is 17.2 Å². The van der Waals surface area contributed by atoms with Crippen molar-refractivity contribution in [1.82, 2.24) is 19.5 Å². The number of imidazole rings is 1. The van der Waals surface area contributed by atoms with E-state index in [2.05, 4.69) is 105 Å². The van der Waals surface area contributed by atoms with Crippen LogP contribution >= 0.6 is 0 Å². The van der Waals surface area contributed by atoms with Gasteiger partial charge in [-0.25, -0.2) is 4.98 Å². The minimum absolute atomic E-state index is 0. The predicted molar refractivity (Wildman–Crippen MR) is 240 cm³/mol. The molecule has 0 saturated carbocycles. The standard InChI is InChI=1S/C31H20N3O.C20H28GeN.Ir/c1-20-14-19-25-24-10-7-11-26(29(24)35-31(25)32-20)30-33-27-12-5-6-13-28(27)34(30)23-17-15-22(16-18-23)21-8-3-2-4-9-21;1-15-8-10-16(11-9-15)19-12-17(13-20(2,3)4)18(14-22-19)21(5,6)7;/h2-10,12-19H,1H3;8-10,12,14H,13H2,1-7H3;/q2*-1;/i;1D3,13D2;. The van der Waals surface area contributed by atoms with Crippen LogP contribution in [0.5, 0.6) is 0 Å². The number of pyridine rings is 2. The van der Waals surface area contributed by atoms with Gasteiger partial charge in [-0.05, 0) is 54.4 Å². The van der Waals surface area contributed by atoms with Gasteiger partial charge in [0.1, 0.15) is 0 Å². The Morgan fingerprint density at radius 3 is 2.26 bits per heavy atom. The van der Waals surface area contributed by atoms with Crippen molar-refractivity contribution in [2.75, 3.05) is 0 Å². The summed E-state index contributed by atoms with van der Waals surface area (Å²) in [6.45, 7) is 5.52. The third kappa shape index (κ3) is 8.66. The van der Waals surface area contributed by atoms with Crippen LogP contribution in [0.3, 0.4) is 0 Å². The third-order valence-electron chi connectivity index (χ3n) is 9.77. The number of aromatic nitrogens is 4. The van der Waals surface area contributed by atoms with E-state index in [1.807, 2.05) is 82.4 Å². The Morgan fingerprint density at radius 2 is 1.55 bits per heavy atom. The van der Waals surface area contributed by atoms with E-state index >= 15 is 0 Å². The maximum Gasteiger partial charge on any atom is 0 e. The van der Waals surface area contributed by atoms with Gasteiger partial charge in [-0.15, -0.1) is 18.2 Å². The quantitative estimate of drug-likeness (QED) is 0.123. The van der Waals surface area contributed by atoms with E-state index < -0.39 is 31.9 Å². The van der Waals surface area contributed by atoms with Crippen molar-refractivity contribution in [2.24, 2.45) is 5.41 Å². The Balaban J connectivity index is 0.000000193. The molecular weight excluding hydrogens is 949 g/mol. The third-order valence-corrected chi connectivity index (χ3v) is 14.0. The molecule has 0 spiro atoms. The van der Waals surface area contributed by atoms with Crippen LogP contribution in [0.25, 0.3) is 72.6 Å². The number of aryl methyl sites for hydroxylation is 2. The molecule has 0 atom stereocenters. The zero-order valence-electron chi connectivity index (χ0n) is 38.7. The summed E-state index contributed by atoms with van der Waals surface area (Å²) in [6.07, 6.45) is 0.303. The van der Waals surface area contributed by atoms with E-state index in [0.29, 0.717) is 22.5 Å². The van der Waals surface area contributed by atoms with Crippen molar-refractivity contribution in [3.05, 3.63) is 163 Å². The summed E-state index contributed by atoms with van der Waals surface area (Å²) in [4.78, 5) is 14.2. The number of benzene rings is 5. The van der Waals surface area contributed by atoms with Crippen LogP contribution < -0.4 is 4.40 Å². The predicted octanol–water partition coefficient (Wildman–Crippen LogP) is 12.8. The number of fused-ring (bicyclic) bond motifs is 4. The molecule has 0 fully saturated rings. The average molecular weight is 1000 g/mol. The number of para-hydroxylation sites is 2. The zero-order chi connectivity index (χ0) is 44.2. The molecule has 293 valence electrons. The molecule has 1 radical (unpaired) electrons. The van der Waals surface area contributed by atoms with E-state index in [0.717, 1.165) is 54.6 Å². The SMILES string of the molecule is Cc1ccc2c(n1)oc1c(-c3nc4ccccc4n3-c3ccc(-c4ccccc4)cc3)[c-]ccc12.[2H]C([2H])([2H])c1c[c-]c(-c2cc(C([2H])([2H])C(C)(C)C)[c]([Ge]([CH3])([CH3])[CH3])cn2)cc1.[Ir]. The summed E-state index contributed by atoms with van der Waals surface area (Å²) in [5, 5.41) is 2.01. The molecule has 5 nitrogen and oxygen atoms in total. The molecule has 0 amide bonds. The van der Waals surface area contributed by atoms with Gasteiger partial charge in [0, 0.05) is 36.9 Å². The van der Waals surface area contributed by atoms with Gasteiger partial charge < -0.3 is 8.98 Å². The van der Waals surface area contributed by atoms with Gasteiger partial charge in [-0.2, -0.15) is 0 Å². The summed E-state index contributed by atoms with van der Waals surface area (Å²) in [6, 6.07) is 48.2. The molecule has 0 aliphatic carbocycles. The van der Waals surface area contributed by atoms with E-state index in [4.69, 9.17) is 16.3 Å². The largest absolute Gasteiger partial charge is 0 e. The Bertz CT molecular complexity index is 3060. The molecule has 0 bridgehead atoms. The second-order valence-electron chi connectivity index (χ2n) is 16.4. The van der Waals surface area contributed by atoms with Crippen LogP contribution in [-0.4, -0.2) is 32.8 Å². The van der Waals surface area contributed by atoms with Crippen molar-refractivity contribution in [3.63, 3.8) is 0 Å². The smallest absolute Gasteiger partial charge is 0 e. The molecule has 0 N–H and O–H groups in total. The topological polar surface area (TPSA) is 56.7 Å². The Hall–Kier alpha value is -5.14. The second kappa shape index (κ2) is 16.6. The molecule has 0 aliphatic heterocycles. The van der Waals surface area contributed by atoms with E-state index in [1.54, 1.807) is 12.1 Å². The van der Waals surface area contributed by atoms with Gasteiger partial charge in [-0.3, -0.25) is 4.98 Å². The average Bonchev–Trinajstić information content (AvgIpc) is 3.81. The second-order valence-corrected chi connectivity index (χ2v) is 27.0. The number of rotatable bonds is 6. The van der Waals surface area contributed by atoms with E-state index in [-0.39, 0.29) is 25.7 Å². The zero-order valence-corrected chi connectivity index (χ0v) is 38.2. The minimum atomic E-state index is -2.36. The summed E-state index contributed by atoms with van der Waals surface area (Å²) < 4.78 is 49.6.